The minimum absolute atomic E-state index is 0.478. The lowest BCUT2D eigenvalue weighted by Gasteiger charge is -2.21. The molecule has 1 aromatic carbocycles. The van der Waals surface area contributed by atoms with E-state index in [4.69, 9.17) is 4.74 Å². The van der Waals surface area contributed by atoms with E-state index in [1.807, 2.05) is 13.1 Å². The first-order valence-electron chi connectivity index (χ1n) is 6.76. The molecule has 4 nitrogen and oxygen atoms in total. The highest BCUT2D eigenvalue weighted by Crippen LogP contribution is 2.46. The van der Waals surface area contributed by atoms with Gasteiger partial charge in [-0.3, -0.25) is 4.79 Å². The average molecular weight is 261 g/mol. The molecule has 19 heavy (non-hydrogen) atoms. The van der Waals surface area contributed by atoms with Gasteiger partial charge in [0.25, 0.3) is 0 Å². The molecule has 0 bridgehead atoms. The molecule has 0 spiro atoms. The summed E-state index contributed by atoms with van der Waals surface area (Å²) in [6.45, 7) is 2.20. The van der Waals surface area contributed by atoms with Crippen LogP contribution in [0.25, 0.3) is 0 Å². The minimum atomic E-state index is -0.651. The van der Waals surface area contributed by atoms with E-state index in [9.17, 15) is 9.90 Å². The summed E-state index contributed by atoms with van der Waals surface area (Å²) in [5.41, 5.74) is 2.02. The standard InChI is InChI=1S/C15H19NO3/c1-16(10-15(5-6-15)14(17)18)9-11-2-3-13-12(8-11)4-7-19-13/h2-3,8H,4-7,9-10H2,1H3,(H,17,18). The Morgan fingerprint density at radius 1 is 1.47 bits per heavy atom. The maximum absolute atomic E-state index is 11.2. The van der Waals surface area contributed by atoms with E-state index in [-0.39, 0.29) is 0 Å². The first kappa shape index (κ1) is 12.5. The van der Waals surface area contributed by atoms with Gasteiger partial charge in [-0.25, -0.2) is 0 Å². The molecular formula is C15H19NO3. The van der Waals surface area contributed by atoms with Crippen LogP contribution in [-0.2, 0) is 17.8 Å². The second kappa shape index (κ2) is 4.53. The first-order valence-corrected chi connectivity index (χ1v) is 6.76. The van der Waals surface area contributed by atoms with Gasteiger partial charge in [0.2, 0.25) is 0 Å². The van der Waals surface area contributed by atoms with Gasteiger partial charge in [0, 0.05) is 19.5 Å². The van der Waals surface area contributed by atoms with E-state index in [1.165, 1.54) is 11.1 Å². The van der Waals surface area contributed by atoms with Crippen molar-refractivity contribution in [1.29, 1.82) is 0 Å². The highest BCUT2D eigenvalue weighted by Gasteiger charge is 2.50. The van der Waals surface area contributed by atoms with Gasteiger partial charge in [-0.1, -0.05) is 12.1 Å². The van der Waals surface area contributed by atoms with E-state index in [1.54, 1.807) is 0 Å². The summed E-state index contributed by atoms with van der Waals surface area (Å²) in [7, 11) is 1.99. The highest BCUT2D eigenvalue weighted by molar-refractivity contribution is 5.78. The topological polar surface area (TPSA) is 49.8 Å². The van der Waals surface area contributed by atoms with Crippen molar-refractivity contribution in [3.05, 3.63) is 29.3 Å². The van der Waals surface area contributed by atoms with E-state index >= 15 is 0 Å². The number of carboxylic acids is 1. The van der Waals surface area contributed by atoms with Gasteiger partial charge in [0.1, 0.15) is 5.75 Å². The van der Waals surface area contributed by atoms with Crippen LogP contribution in [0.4, 0.5) is 0 Å². The number of rotatable bonds is 5. The van der Waals surface area contributed by atoms with Gasteiger partial charge in [0.15, 0.2) is 0 Å². The lowest BCUT2D eigenvalue weighted by atomic mass is 10.1. The molecule has 102 valence electrons. The third kappa shape index (κ3) is 2.45. The van der Waals surface area contributed by atoms with Crippen molar-refractivity contribution in [1.82, 2.24) is 4.90 Å². The van der Waals surface area contributed by atoms with Crippen LogP contribution < -0.4 is 4.74 Å². The molecule has 1 fully saturated rings. The Morgan fingerprint density at radius 2 is 2.26 bits per heavy atom. The molecule has 2 aliphatic rings. The third-order valence-corrected chi connectivity index (χ3v) is 4.09. The second-order valence-electron chi connectivity index (χ2n) is 5.80. The van der Waals surface area contributed by atoms with Crippen molar-refractivity contribution in [3.8, 4) is 5.75 Å². The molecule has 1 saturated carbocycles. The molecule has 0 radical (unpaired) electrons. The Bertz CT molecular complexity index is 508. The number of carboxylic acid groups (broad SMARTS) is 1. The van der Waals surface area contributed by atoms with Crippen molar-refractivity contribution in [2.45, 2.75) is 25.8 Å². The maximum atomic E-state index is 11.2. The van der Waals surface area contributed by atoms with Crippen molar-refractivity contribution < 1.29 is 14.6 Å². The fourth-order valence-corrected chi connectivity index (χ4v) is 2.81. The third-order valence-electron chi connectivity index (χ3n) is 4.09. The molecular weight excluding hydrogens is 242 g/mol. The molecule has 1 N–H and O–H groups in total. The summed E-state index contributed by atoms with van der Waals surface area (Å²) < 4.78 is 5.49. The lowest BCUT2D eigenvalue weighted by Crippen LogP contribution is -2.31. The number of fused-ring (bicyclic) bond motifs is 1. The quantitative estimate of drug-likeness (QED) is 0.879. The molecule has 0 aromatic heterocycles. The Labute approximate surface area is 113 Å². The van der Waals surface area contributed by atoms with Crippen molar-refractivity contribution >= 4 is 5.97 Å². The summed E-state index contributed by atoms with van der Waals surface area (Å²) in [6, 6.07) is 6.27. The molecule has 0 atom stereocenters. The maximum Gasteiger partial charge on any atom is 0.310 e. The second-order valence-corrected chi connectivity index (χ2v) is 5.80. The summed E-state index contributed by atoms with van der Waals surface area (Å²) in [4.78, 5) is 13.3. The van der Waals surface area contributed by atoms with Gasteiger partial charge in [-0.2, -0.15) is 0 Å². The van der Waals surface area contributed by atoms with E-state index in [2.05, 4.69) is 17.0 Å². The molecule has 1 aliphatic carbocycles. The predicted molar refractivity (Wildman–Crippen MR) is 71.3 cm³/mol. The van der Waals surface area contributed by atoms with Crippen LogP contribution >= 0.6 is 0 Å². The Morgan fingerprint density at radius 3 is 2.95 bits per heavy atom. The Hall–Kier alpha value is -1.55. The zero-order chi connectivity index (χ0) is 13.5. The number of hydrogen-bond donors (Lipinski definition) is 1. The fraction of sp³-hybridized carbons (Fsp3) is 0.533. The molecule has 0 saturated heterocycles. The summed E-state index contributed by atoms with van der Waals surface area (Å²) >= 11 is 0. The number of carbonyl (C=O) groups is 1. The van der Waals surface area contributed by atoms with Crippen LogP contribution in [0.5, 0.6) is 5.75 Å². The predicted octanol–water partition coefficient (Wildman–Crippen LogP) is 1.92. The van der Waals surface area contributed by atoms with Crippen LogP contribution in [-0.4, -0.2) is 36.2 Å². The van der Waals surface area contributed by atoms with Gasteiger partial charge < -0.3 is 14.7 Å². The highest BCUT2D eigenvalue weighted by atomic mass is 16.5. The molecule has 1 aromatic rings. The summed E-state index contributed by atoms with van der Waals surface area (Å²) in [6.07, 6.45) is 2.60. The van der Waals surface area contributed by atoms with Gasteiger partial charge in [0.05, 0.1) is 12.0 Å². The van der Waals surface area contributed by atoms with Crippen molar-refractivity contribution in [2.24, 2.45) is 5.41 Å². The lowest BCUT2D eigenvalue weighted by molar-refractivity contribution is -0.144. The molecule has 0 amide bonds. The van der Waals surface area contributed by atoms with Crippen molar-refractivity contribution in [2.75, 3.05) is 20.2 Å². The summed E-state index contributed by atoms with van der Waals surface area (Å²) in [5.74, 6) is 0.345. The van der Waals surface area contributed by atoms with Crippen LogP contribution in [0.2, 0.25) is 0 Å². The average Bonchev–Trinajstić information content (AvgIpc) is 2.99. The van der Waals surface area contributed by atoms with Gasteiger partial charge >= 0.3 is 5.97 Å². The first-order chi connectivity index (χ1) is 9.09. The number of ether oxygens (including phenoxy) is 1. The number of aliphatic carboxylic acids is 1. The monoisotopic (exact) mass is 261 g/mol. The van der Waals surface area contributed by atoms with Crippen LogP contribution in [0.15, 0.2) is 18.2 Å². The van der Waals surface area contributed by atoms with E-state index < -0.39 is 11.4 Å². The number of nitrogens with zero attached hydrogens (tertiary/aromatic N) is 1. The van der Waals surface area contributed by atoms with Crippen LogP contribution in [0.1, 0.15) is 24.0 Å². The molecule has 4 heteroatoms. The van der Waals surface area contributed by atoms with E-state index in [0.717, 1.165) is 38.2 Å². The normalized spacial score (nSPS) is 19.1. The van der Waals surface area contributed by atoms with Gasteiger partial charge in [-0.05, 0) is 37.1 Å². The molecule has 3 rings (SSSR count). The Balaban J connectivity index is 1.63. The molecule has 0 unspecified atom stereocenters. The fourth-order valence-electron chi connectivity index (χ4n) is 2.81. The van der Waals surface area contributed by atoms with Crippen LogP contribution in [0.3, 0.4) is 0 Å². The zero-order valence-corrected chi connectivity index (χ0v) is 11.2. The van der Waals surface area contributed by atoms with Crippen LogP contribution in [0, 0.1) is 5.41 Å². The molecule has 1 heterocycles. The zero-order valence-electron chi connectivity index (χ0n) is 11.2. The molecule has 1 aliphatic heterocycles. The largest absolute Gasteiger partial charge is 0.493 e. The Kier molecular flexibility index (Phi) is 2.97. The van der Waals surface area contributed by atoms with E-state index in [0.29, 0.717) is 6.54 Å². The smallest absolute Gasteiger partial charge is 0.310 e. The number of hydrogen-bond acceptors (Lipinski definition) is 3. The number of benzene rings is 1. The summed E-state index contributed by atoms with van der Waals surface area (Å²) in [5, 5.41) is 9.20. The SMILES string of the molecule is CN(Cc1ccc2c(c1)CCO2)CC1(C(=O)O)CC1. The minimum Gasteiger partial charge on any atom is -0.493 e. The van der Waals surface area contributed by atoms with Crippen molar-refractivity contribution in [3.63, 3.8) is 0 Å². The van der Waals surface area contributed by atoms with Gasteiger partial charge in [-0.15, -0.1) is 0 Å².